The monoisotopic (exact) mass is 303 g/mol. The minimum atomic E-state index is -1.34. The molecule has 0 fully saturated rings. The number of carbonyl (C=O) groups excluding carboxylic acids is 2. The van der Waals surface area contributed by atoms with Crippen LogP contribution in [0.25, 0.3) is 0 Å². The Bertz CT molecular complexity index is 410. The fraction of sp³-hybridized carbons (Fsp3) is 0.667. The molecule has 0 aromatic heterocycles. The molecule has 0 aromatic carbocycles. The predicted molar refractivity (Wildman–Crippen MR) is 72.4 cm³/mol. The summed E-state index contributed by atoms with van der Waals surface area (Å²) in [6.07, 6.45) is -0.364. The number of carbonyl (C=O) groups is 4. The summed E-state index contributed by atoms with van der Waals surface area (Å²) in [5.74, 6) is -3.15. The average molecular weight is 303 g/mol. The molecule has 0 aromatic rings. The van der Waals surface area contributed by atoms with Crippen molar-refractivity contribution in [1.82, 2.24) is 10.6 Å². The lowest BCUT2D eigenvalue weighted by Gasteiger charge is -2.21. The quantitative estimate of drug-likeness (QED) is 0.386. The Morgan fingerprint density at radius 2 is 1.62 bits per heavy atom. The van der Waals surface area contributed by atoms with Gasteiger partial charge in [0, 0.05) is 6.42 Å². The molecule has 0 spiro atoms. The van der Waals surface area contributed by atoms with E-state index in [-0.39, 0.29) is 18.8 Å². The third-order valence-corrected chi connectivity index (χ3v) is 2.60. The first-order valence-electron chi connectivity index (χ1n) is 6.44. The molecule has 6 N–H and O–H groups in total. The van der Waals surface area contributed by atoms with Crippen molar-refractivity contribution in [3.8, 4) is 0 Å². The third-order valence-electron chi connectivity index (χ3n) is 2.60. The van der Waals surface area contributed by atoms with Gasteiger partial charge in [0.2, 0.25) is 5.91 Å². The van der Waals surface area contributed by atoms with Crippen molar-refractivity contribution in [2.75, 3.05) is 0 Å². The molecule has 0 rings (SSSR count). The lowest BCUT2D eigenvalue weighted by Crippen LogP contribution is -2.53. The van der Waals surface area contributed by atoms with Gasteiger partial charge >= 0.3 is 18.0 Å². The van der Waals surface area contributed by atoms with Crippen molar-refractivity contribution in [2.45, 2.75) is 45.2 Å². The molecule has 9 nitrogen and oxygen atoms in total. The molecule has 21 heavy (non-hydrogen) atoms. The highest BCUT2D eigenvalue weighted by Crippen LogP contribution is 2.06. The van der Waals surface area contributed by atoms with Crippen LogP contribution in [-0.2, 0) is 14.4 Å². The van der Waals surface area contributed by atoms with Crippen molar-refractivity contribution >= 4 is 23.9 Å². The minimum absolute atomic E-state index is 0.0647. The Labute approximate surface area is 121 Å². The highest BCUT2D eigenvalue weighted by Gasteiger charge is 2.26. The molecule has 0 radical (unpaired) electrons. The summed E-state index contributed by atoms with van der Waals surface area (Å²) in [5, 5.41) is 22.0. The number of nitrogens with one attached hydrogen (secondary N) is 2. The fourth-order valence-corrected chi connectivity index (χ4v) is 1.67. The first kappa shape index (κ1) is 18.7. The largest absolute Gasteiger partial charge is 0.481 e. The van der Waals surface area contributed by atoms with Gasteiger partial charge in [-0.1, -0.05) is 13.8 Å². The van der Waals surface area contributed by atoms with E-state index in [1.807, 2.05) is 13.8 Å². The fourth-order valence-electron chi connectivity index (χ4n) is 1.67. The normalized spacial score (nSPS) is 13.3. The topological polar surface area (TPSA) is 159 Å². The summed E-state index contributed by atoms with van der Waals surface area (Å²) in [4.78, 5) is 44.3. The van der Waals surface area contributed by atoms with E-state index in [2.05, 4.69) is 10.6 Å². The van der Waals surface area contributed by atoms with Crippen LogP contribution in [0.15, 0.2) is 0 Å². The van der Waals surface area contributed by atoms with Crippen LogP contribution in [0, 0.1) is 5.92 Å². The summed E-state index contributed by atoms with van der Waals surface area (Å²) in [5.41, 5.74) is 4.97. The molecule has 0 aliphatic carbocycles. The number of rotatable bonds is 9. The molecule has 9 heteroatoms. The first-order valence-corrected chi connectivity index (χ1v) is 6.44. The van der Waals surface area contributed by atoms with E-state index in [1.54, 1.807) is 0 Å². The second-order valence-electron chi connectivity index (χ2n) is 5.02. The van der Waals surface area contributed by atoms with E-state index in [0.29, 0.717) is 0 Å². The van der Waals surface area contributed by atoms with Gasteiger partial charge < -0.3 is 26.6 Å². The second kappa shape index (κ2) is 8.77. The molecule has 0 aliphatic rings. The number of urea groups is 1. The van der Waals surface area contributed by atoms with Crippen molar-refractivity contribution < 1.29 is 29.4 Å². The lowest BCUT2D eigenvalue weighted by atomic mass is 10.0. The summed E-state index contributed by atoms with van der Waals surface area (Å²) < 4.78 is 0. The van der Waals surface area contributed by atoms with E-state index in [9.17, 15) is 19.2 Å². The second-order valence-corrected chi connectivity index (χ2v) is 5.02. The number of carboxylic acids is 2. The molecule has 120 valence electrons. The maximum atomic E-state index is 12.0. The van der Waals surface area contributed by atoms with Gasteiger partial charge in [0.25, 0.3) is 0 Å². The zero-order valence-corrected chi connectivity index (χ0v) is 12.0. The molecule has 0 saturated carbocycles. The predicted octanol–water partition coefficient (Wildman–Crippen LogP) is -0.496. The van der Waals surface area contributed by atoms with E-state index >= 15 is 0 Å². The Hall–Kier alpha value is -2.32. The standard InChI is InChI=1S/C12H21N3O6/c1-6(2)5-8(15-12(13)21)10(18)14-7(11(19)20)3-4-9(16)17/h6-8H,3-5H2,1-2H3,(H,14,18)(H,16,17)(H,19,20)(H3,13,15,21). The van der Waals surface area contributed by atoms with Gasteiger partial charge in [-0.3, -0.25) is 9.59 Å². The molecule has 3 amide bonds. The number of primary amides is 1. The Kier molecular flexibility index (Phi) is 7.80. The van der Waals surface area contributed by atoms with Gasteiger partial charge in [-0.25, -0.2) is 9.59 Å². The molecule has 2 atom stereocenters. The van der Waals surface area contributed by atoms with Gasteiger partial charge in [-0.2, -0.15) is 0 Å². The molecular formula is C12H21N3O6. The minimum Gasteiger partial charge on any atom is -0.481 e. The van der Waals surface area contributed by atoms with Gasteiger partial charge in [-0.15, -0.1) is 0 Å². The maximum absolute atomic E-state index is 12.0. The number of carboxylic acid groups (broad SMARTS) is 2. The summed E-state index contributed by atoms with van der Waals surface area (Å²) in [6.45, 7) is 3.64. The highest BCUT2D eigenvalue weighted by atomic mass is 16.4. The summed E-state index contributed by atoms with van der Waals surface area (Å²) >= 11 is 0. The van der Waals surface area contributed by atoms with Crippen LogP contribution in [-0.4, -0.2) is 46.2 Å². The maximum Gasteiger partial charge on any atom is 0.326 e. The summed E-state index contributed by atoms with van der Waals surface area (Å²) in [7, 11) is 0. The van der Waals surface area contributed by atoms with Crippen LogP contribution in [0.3, 0.4) is 0 Å². The van der Waals surface area contributed by atoms with Gasteiger partial charge in [0.05, 0.1) is 0 Å². The average Bonchev–Trinajstić information content (AvgIpc) is 2.31. The zero-order chi connectivity index (χ0) is 16.6. The van der Waals surface area contributed by atoms with Crippen LogP contribution in [0.4, 0.5) is 4.79 Å². The van der Waals surface area contributed by atoms with Crippen molar-refractivity contribution in [3.63, 3.8) is 0 Å². The number of hydrogen-bond donors (Lipinski definition) is 5. The van der Waals surface area contributed by atoms with Gasteiger partial charge in [0.1, 0.15) is 12.1 Å². The van der Waals surface area contributed by atoms with Crippen LogP contribution < -0.4 is 16.4 Å². The lowest BCUT2D eigenvalue weighted by molar-refractivity contribution is -0.143. The molecular weight excluding hydrogens is 282 g/mol. The Morgan fingerprint density at radius 1 is 1.05 bits per heavy atom. The van der Waals surface area contributed by atoms with E-state index in [0.717, 1.165) is 0 Å². The van der Waals surface area contributed by atoms with E-state index in [4.69, 9.17) is 15.9 Å². The molecule has 0 bridgehead atoms. The van der Waals surface area contributed by atoms with E-state index < -0.39 is 42.4 Å². The first-order chi connectivity index (χ1) is 9.63. The molecule has 0 aliphatic heterocycles. The highest BCUT2D eigenvalue weighted by molar-refractivity contribution is 5.89. The van der Waals surface area contributed by atoms with Gasteiger partial charge in [0.15, 0.2) is 0 Å². The van der Waals surface area contributed by atoms with Crippen molar-refractivity contribution in [3.05, 3.63) is 0 Å². The summed E-state index contributed by atoms with van der Waals surface area (Å²) in [6, 6.07) is -3.19. The number of aliphatic carboxylic acids is 2. The van der Waals surface area contributed by atoms with Crippen LogP contribution in [0.2, 0.25) is 0 Å². The van der Waals surface area contributed by atoms with Crippen molar-refractivity contribution in [1.29, 1.82) is 0 Å². The zero-order valence-electron chi connectivity index (χ0n) is 12.0. The SMILES string of the molecule is CC(C)CC(NC(N)=O)C(=O)NC(CCC(=O)O)C(=O)O. The third kappa shape index (κ3) is 8.45. The number of nitrogens with two attached hydrogens (primary N) is 1. The van der Waals surface area contributed by atoms with Crippen molar-refractivity contribution in [2.24, 2.45) is 11.7 Å². The molecule has 2 unspecified atom stereocenters. The van der Waals surface area contributed by atoms with E-state index in [1.165, 1.54) is 0 Å². The van der Waals surface area contributed by atoms with Crippen LogP contribution in [0.5, 0.6) is 0 Å². The Balaban J connectivity index is 4.76. The Morgan fingerprint density at radius 3 is 2.00 bits per heavy atom. The smallest absolute Gasteiger partial charge is 0.326 e. The number of hydrogen-bond acceptors (Lipinski definition) is 4. The molecule has 0 saturated heterocycles. The van der Waals surface area contributed by atoms with Crippen LogP contribution in [0.1, 0.15) is 33.1 Å². The van der Waals surface area contributed by atoms with Crippen LogP contribution >= 0.6 is 0 Å². The van der Waals surface area contributed by atoms with Gasteiger partial charge in [-0.05, 0) is 18.8 Å². The molecule has 0 heterocycles. The number of amides is 3.